The van der Waals surface area contributed by atoms with Crippen LogP contribution >= 0.6 is 0 Å². The summed E-state index contributed by atoms with van der Waals surface area (Å²) in [6.07, 6.45) is 1.43. The van der Waals surface area contributed by atoms with E-state index in [0.717, 1.165) is 38.0 Å². The molecule has 0 saturated carbocycles. The Bertz CT molecular complexity index is 264. The Morgan fingerprint density at radius 3 is 2.11 bits per heavy atom. The minimum absolute atomic E-state index is 0.559. The third-order valence-electron chi connectivity index (χ3n) is 4.86. The second-order valence-electron chi connectivity index (χ2n) is 6.98. The summed E-state index contributed by atoms with van der Waals surface area (Å²) in [5.41, 5.74) is -0.923. The fraction of sp³-hybridized carbons (Fsp3) is 1.00. The van der Waals surface area contributed by atoms with Gasteiger partial charge in [0.1, 0.15) is 5.67 Å². The van der Waals surface area contributed by atoms with E-state index in [4.69, 9.17) is 0 Å². The van der Waals surface area contributed by atoms with Crippen LogP contribution in [0.1, 0.15) is 40.5 Å². The maximum atomic E-state index is 14.7. The topological polar surface area (TPSA) is 6.48 Å². The molecule has 3 heteroatoms. The fourth-order valence-electron chi connectivity index (χ4n) is 3.16. The molecule has 0 aromatic carbocycles. The number of alkyl halides is 1. The lowest BCUT2D eigenvalue weighted by Gasteiger charge is -2.47. The molecule has 2 aliphatic heterocycles. The zero-order valence-electron chi connectivity index (χ0n) is 12.5. The molecule has 2 rings (SSSR count). The lowest BCUT2D eigenvalue weighted by molar-refractivity contribution is -0.0261. The summed E-state index contributed by atoms with van der Waals surface area (Å²) in [6, 6.07) is 0.559. The van der Waals surface area contributed by atoms with Crippen molar-refractivity contribution in [2.24, 2.45) is 11.8 Å². The van der Waals surface area contributed by atoms with Gasteiger partial charge in [-0.1, -0.05) is 13.8 Å². The molecule has 0 amide bonds. The highest BCUT2D eigenvalue weighted by Crippen LogP contribution is 2.32. The van der Waals surface area contributed by atoms with E-state index in [2.05, 4.69) is 37.5 Å². The van der Waals surface area contributed by atoms with E-state index in [9.17, 15) is 4.39 Å². The van der Waals surface area contributed by atoms with Crippen molar-refractivity contribution in [2.75, 3.05) is 32.7 Å². The van der Waals surface area contributed by atoms with Crippen molar-refractivity contribution in [2.45, 2.75) is 52.2 Å². The van der Waals surface area contributed by atoms with Gasteiger partial charge in [-0.3, -0.25) is 4.90 Å². The Balaban J connectivity index is 1.74. The van der Waals surface area contributed by atoms with Crippen LogP contribution in [0.2, 0.25) is 0 Å². The van der Waals surface area contributed by atoms with Gasteiger partial charge in [0.2, 0.25) is 0 Å². The molecular formula is C15H29FN2. The molecule has 2 nitrogen and oxygen atoms in total. The van der Waals surface area contributed by atoms with E-state index in [0.29, 0.717) is 25.4 Å². The highest BCUT2D eigenvalue weighted by Gasteiger charge is 2.40. The quantitative estimate of drug-likeness (QED) is 0.763. The van der Waals surface area contributed by atoms with E-state index < -0.39 is 5.67 Å². The molecule has 0 bridgehead atoms. The second kappa shape index (κ2) is 5.46. The van der Waals surface area contributed by atoms with Crippen LogP contribution in [0, 0.1) is 11.8 Å². The Morgan fingerprint density at radius 1 is 1.11 bits per heavy atom. The number of likely N-dealkylation sites (tertiary alicyclic amines) is 2. The molecule has 2 aliphatic rings. The Hall–Kier alpha value is -0.150. The van der Waals surface area contributed by atoms with Gasteiger partial charge < -0.3 is 4.90 Å². The first-order valence-electron chi connectivity index (χ1n) is 7.55. The average Bonchev–Trinajstić information content (AvgIpc) is 2.23. The summed E-state index contributed by atoms with van der Waals surface area (Å²) in [6.45, 7) is 13.7. The van der Waals surface area contributed by atoms with E-state index in [1.54, 1.807) is 0 Å². The van der Waals surface area contributed by atoms with Gasteiger partial charge in [0.25, 0.3) is 0 Å². The predicted molar refractivity (Wildman–Crippen MR) is 74.6 cm³/mol. The summed E-state index contributed by atoms with van der Waals surface area (Å²) < 4.78 is 14.7. The zero-order chi connectivity index (χ0) is 13.3. The molecule has 106 valence electrons. The number of hydrogen-bond acceptors (Lipinski definition) is 2. The molecule has 0 radical (unpaired) electrons. The van der Waals surface area contributed by atoms with Crippen LogP contribution in [0.15, 0.2) is 0 Å². The number of hydrogen-bond donors (Lipinski definition) is 0. The van der Waals surface area contributed by atoms with Crippen molar-refractivity contribution >= 4 is 0 Å². The molecule has 2 saturated heterocycles. The summed E-state index contributed by atoms with van der Waals surface area (Å²) in [5, 5.41) is 0. The third-order valence-corrected chi connectivity index (χ3v) is 4.86. The van der Waals surface area contributed by atoms with Gasteiger partial charge in [-0.2, -0.15) is 0 Å². The van der Waals surface area contributed by atoms with Crippen molar-refractivity contribution < 1.29 is 4.39 Å². The fourth-order valence-corrected chi connectivity index (χ4v) is 3.16. The Labute approximate surface area is 112 Å². The molecule has 0 spiro atoms. The molecular weight excluding hydrogens is 227 g/mol. The molecule has 0 aromatic rings. The number of rotatable bonds is 4. The van der Waals surface area contributed by atoms with Crippen molar-refractivity contribution in [3.8, 4) is 0 Å². The third kappa shape index (κ3) is 3.24. The molecule has 18 heavy (non-hydrogen) atoms. The van der Waals surface area contributed by atoms with Crippen LogP contribution in [0.5, 0.6) is 0 Å². The molecule has 2 heterocycles. The maximum absolute atomic E-state index is 14.7. The lowest BCUT2D eigenvalue weighted by atomic mass is 9.85. The van der Waals surface area contributed by atoms with Crippen LogP contribution < -0.4 is 0 Å². The standard InChI is InChI=1S/C15H29FN2/c1-12(2)14-9-17(10-14)11-15(16)5-7-18(8-6-15)13(3)4/h12-14H,5-11H2,1-4H3. The summed E-state index contributed by atoms with van der Waals surface area (Å²) in [7, 11) is 0. The van der Waals surface area contributed by atoms with Crippen LogP contribution in [-0.2, 0) is 0 Å². The van der Waals surface area contributed by atoms with Crippen LogP contribution in [0.4, 0.5) is 4.39 Å². The largest absolute Gasteiger partial charge is 0.301 e. The summed E-state index contributed by atoms with van der Waals surface area (Å²) >= 11 is 0. The van der Waals surface area contributed by atoms with E-state index in [-0.39, 0.29) is 0 Å². The number of piperidine rings is 1. The van der Waals surface area contributed by atoms with E-state index in [1.165, 1.54) is 0 Å². The molecule has 0 unspecified atom stereocenters. The minimum Gasteiger partial charge on any atom is -0.301 e. The maximum Gasteiger partial charge on any atom is 0.126 e. The monoisotopic (exact) mass is 256 g/mol. The Morgan fingerprint density at radius 2 is 1.67 bits per heavy atom. The molecule has 2 fully saturated rings. The van der Waals surface area contributed by atoms with Crippen LogP contribution in [0.3, 0.4) is 0 Å². The van der Waals surface area contributed by atoms with Crippen molar-refractivity contribution in [1.29, 1.82) is 0 Å². The zero-order valence-corrected chi connectivity index (χ0v) is 12.5. The van der Waals surface area contributed by atoms with E-state index >= 15 is 0 Å². The number of nitrogens with zero attached hydrogens (tertiary/aromatic N) is 2. The van der Waals surface area contributed by atoms with Crippen molar-refractivity contribution in [1.82, 2.24) is 9.80 Å². The van der Waals surface area contributed by atoms with Crippen molar-refractivity contribution in [3.63, 3.8) is 0 Å². The van der Waals surface area contributed by atoms with Gasteiger partial charge in [-0.15, -0.1) is 0 Å². The first kappa shape index (κ1) is 14.3. The normalized spacial score (nSPS) is 26.8. The number of halogens is 1. The predicted octanol–water partition coefficient (Wildman–Crippen LogP) is 2.79. The highest BCUT2D eigenvalue weighted by atomic mass is 19.1. The lowest BCUT2D eigenvalue weighted by Crippen LogP contribution is -2.56. The van der Waals surface area contributed by atoms with E-state index in [1.807, 2.05) is 0 Å². The van der Waals surface area contributed by atoms with Gasteiger partial charge in [-0.05, 0) is 38.5 Å². The molecule has 0 aromatic heterocycles. The van der Waals surface area contributed by atoms with Crippen molar-refractivity contribution in [3.05, 3.63) is 0 Å². The second-order valence-corrected chi connectivity index (χ2v) is 6.98. The smallest absolute Gasteiger partial charge is 0.126 e. The van der Waals surface area contributed by atoms with Crippen LogP contribution in [0.25, 0.3) is 0 Å². The summed E-state index contributed by atoms with van der Waals surface area (Å²) in [4.78, 5) is 4.71. The SMILES string of the molecule is CC(C)C1CN(CC2(F)CCN(C(C)C)CC2)C1. The van der Waals surface area contributed by atoms with Gasteiger partial charge in [0, 0.05) is 38.8 Å². The molecule has 0 aliphatic carbocycles. The van der Waals surface area contributed by atoms with Gasteiger partial charge >= 0.3 is 0 Å². The van der Waals surface area contributed by atoms with Gasteiger partial charge in [-0.25, -0.2) is 4.39 Å². The molecule has 0 atom stereocenters. The van der Waals surface area contributed by atoms with Crippen LogP contribution in [-0.4, -0.2) is 54.2 Å². The minimum atomic E-state index is -0.923. The average molecular weight is 256 g/mol. The van der Waals surface area contributed by atoms with Gasteiger partial charge in [0.05, 0.1) is 0 Å². The first-order chi connectivity index (χ1) is 8.39. The summed E-state index contributed by atoms with van der Waals surface area (Å²) in [5.74, 6) is 1.55. The Kier molecular flexibility index (Phi) is 4.32. The van der Waals surface area contributed by atoms with Gasteiger partial charge in [0.15, 0.2) is 0 Å². The first-order valence-corrected chi connectivity index (χ1v) is 7.55. The molecule has 0 N–H and O–H groups in total. The highest BCUT2D eigenvalue weighted by molar-refractivity contribution is 4.93.